The third-order valence-corrected chi connectivity index (χ3v) is 4.73. The van der Waals surface area contributed by atoms with E-state index in [4.69, 9.17) is 21.5 Å². The van der Waals surface area contributed by atoms with Crippen LogP contribution in [0.3, 0.4) is 0 Å². The van der Waals surface area contributed by atoms with Crippen molar-refractivity contribution in [2.75, 3.05) is 0 Å². The molecule has 0 saturated heterocycles. The smallest absolute Gasteiger partial charge is 0.142 e. The number of hydrogen-bond donors (Lipinski definition) is 0. The molecular weight excluding hydrogens is 382 g/mol. The molecule has 0 aliphatic heterocycles. The minimum absolute atomic E-state index is 0.417. The summed E-state index contributed by atoms with van der Waals surface area (Å²) in [4.78, 5) is 5.42. The maximum Gasteiger partial charge on any atom is 0.142 e. The first kappa shape index (κ1) is 19.0. The van der Waals surface area contributed by atoms with Gasteiger partial charge in [0.25, 0.3) is 0 Å². The molecule has 0 amide bonds. The Morgan fingerprint density at radius 3 is 2.41 bits per heavy atom. The monoisotopic (exact) mass is 401 g/mol. The molecule has 0 unspecified atom stereocenters. The van der Waals surface area contributed by atoms with Gasteiger partial charge < -0.3 is 4.84 Å². The predicted octanol–water partition coefficient (Wildman–Crippen LogP) is 6.05. The highest BCUT2D eigenvalue weighted by molar-refractivity contribution is 6.30. The van der Waals surface area contributed by atoms with Crippen LogP contribution in [0.5, 0.6) is 0 Å². The van der Waals surface area contributed by atoms with Crippen molar-refractivity contribution in [1.82, 2.24) is 9.78 Å². The molecule has 29 heavy (non-hydrogen) atoms. The minimum atomic E-state index is 0.417. The lowest BCUT2D eigenvalue weighted by Crippen LogP contribution is -1.99. The summed E-state index contributed by atoms with van der Waals surface area (Å²) in [5.41, 5.74) is 5.93. The summed E-state index contributed by atoms with van der Waals surface area (Å²) >= 11 is 6.05. The van der Waals surface area contributed by atoms with E-state index >= 15 is 0 Å². The maximum absolute atomic E-state index is 6.05. The Kier molecular flexibility index (Phi) is 5.73. The van der Waals surface area contributed by atoms with Crippen LogP contribution in [0.25, 0.3) is 16.9 Å². The second-order valence-electron chi connectivity index (χ2n) is 6.70. The second-order valence-corrected chi connectivity index (χ2v) is 7.14. The third kappa shape index (κ3) is 4.73. The van der Waals surface area contributed by atoms with E-state index in [1.54, 1.807) is 6.21 Å². The van der Waals surface area contributed by atoms with Gasteiger partial charge in [-0.1, -0.05) is 76.9 Å². The zero-order valence-electron chi connectivity index (χ0n) is 16.0. The molecule has 1 heterocycles. The van der Waals surface area contributed by atoms with Crippen LogP contribution in [0.4, 0.5) is 0 Å². The van der Waals surface area contributed by atoms with Gasteiger partial charge in [0.05, 0.1) is 17.6 Å². The third-order valence-electron chi connectivity index (χ3n) is 4.48. The van der Waals surface area contributed by atoms with Crippen LogP contribution in [-0.4, -0.2) is 16.0 Å². The first-order valence-electron chi connectivity index (χ1n) is 9.31. The van der Waals surface area contributed by atoms with Gasteiger partial charge in [-0.15, -0.1) is 0 Å². The molecule has 4 rings (SSSR count). The molecule has 4 nitrogen and oxygen atoms in total. The number of benzene rings is 3. The summed E-state index contributed by atoms with van der Waals surface area (Å²) in [6.07, 6.45) is 1.63. The lowest BCUT2D eigenvalue weighted by molar-refractivity contribution is 0.132. The average molecular weight is 402 g/mol. The predicted molar refractivity (Wildman–Crippen MR) is 118 cm³/mol. The van der Waals surface area contributed by atoms with Gasteiger partial charge in [0.1, 0.15) is 12.3 Å². The molecule has 0 N–H and O–H groups in total. The molecule has 0 bridgehead atoms. The van der Waals surface area contributed by atoms with Crippen molar-refractivity contribution in [3.63, 3.8) is 0 Å². The van der Waals surface area contributed by atoms with Crippen LogP contribution in [0.1, 0.15) is 16.8 Å². The molecule has 4 aromatic rings. The van der Waals surface area contributed by atoms with E-state index in [9.17, 15) is 0 Å². The molecule has 3 aromatic carbocycles. The van der Waals surface area contributed by atoms with Crippen molar-refractivity contribution in [2.24, 2.45) is 5.16 Å². The van der Waals surface area contributed by atoms with Gasteiger partial charge in [0.2, 0.25) is 0 Å². The molecule has 0 spiro atoms. The Hall–Kier alpha value is -3.37. The van der Waals surface area contributed by atoms with Crippen LogP contribution in [-0.2, 0) is 11.4 Å². The fourth-order valence-corrected chi connectivity index (χ4v) is 3.07. The topological polar surface area (TPSA) is 39.4 Å². The van der Waals surface area contributed by atoms with Crippen molar-refractivity contribution in [3.05, 3.63) is 107 Å². The highest BCUT2D eigenvalue weighted by Gasteiger charge is 2.11. The fourth-order valence-electron chi connectivity index (χ4n) is 2.95. The van der Waals surface area contributed by atoms with Gasteiger partial charge in [0, 0.05) is 10.6 Å². The summed E-state index contributed by atoms with van der Waals surface area (Å²) in [5.74, 6) is 0. The lowest BCUT2D eigenvalue weighted by Gasteiger charge is -2.08. The van der Waals surface area contributed by atoms with E-state index in [0.29, 0.717) is 17.3 Å². The Morgan fingerprint density at radius 1 is 0.966 bits per heavy atom. The van der Waals surface area contributed by atoms with Crippen LogP contribution in [0.2, 0.25) is 5.02 Å². The normalized spacial score (nSPS) is 11.1. The maximum atomic E-state index is 6.05. The molecule has 0 aliphatic carbocycles. The number of nitrogens with zero attached hydrogens (tertiary/aromatic N) is 3. The van der Waals surface area contributed by atoms with Crippen LogP contribution >= 0.6 is 11.6 Å². The number of rotatable bonds is 6. The second kappa shape index (κ2) is 8.76. The minimum Gasteiger partial charge on any atom is -0.391 e. The number of aryl methyl sites for hydroxylation is 1. The van der Waals surface area contributed by atoms with Gasteiger partial charge in [-0.3, -0.25) is 0 Å². The molecule has 0 fully saturated rings. The summed E-state index contributed by atoms with van der Waals surface area (Å²) in [5, 5.41) is 9.49. The van der Waals surface area contributed by atoms with E-state index in [-0.39, 0.29) is 0 Å². The average Bonchev–Trinajstić information content (AvgIpc) is 3.17. The Balaban J connectivity index is 1.61. The molecule has 0 aliphatic rings. The molecular formula is C24H20ClN3O. The molecule has 5 heteroatoms. The van der Waals surface area contributed by atoms with Crippen molar-refractivity contribution >= 4 is 17.8 Å². The summed E-state index contributed by atoms with van der Waals surface area (Å²) in [6, 6.07) is 27.9. The molecule has 144 valence electrons. The van der Waals surface area contributed by atoms with E-state index in [2.05, 4.69) is 36.3 Å². The zero-order valence-corrected chi connectivity index (χ0v) is 16.8. The van der Waals surface area contributed by atoms with Crippen molar-refractivity contribution in [3.8, 4) is 16.9 Å². The Labute approximate surface area is 175 Å². The van der Waals surface area contributed by atoms with Crippen molar-refractivity contribution in [1.29, 1.82) is 0 Å². The highest BCUT2D eigenvalue weighted by atomic mass is 35.5. The van der Waals surface area contributed by atoms with E-state index in [1.165, 1.54) is 5.56 Å². The van der Waals surface area contributed by atoms with Crippen molar-refractivity contribution < 1.29 is 4.84 Å². The number of hydrogen-bond acceptors (Lipinski definition) is 3. The SMILES string of the molecule is Cc1ccc(-n2nc(/C=N/OCc3ccccc3)cc2-c2ccc(Cl)cc2)cc1. The van der Waals surface area contributed by atoms with Gasteiger partial charge in [0.15, 0.2) is 0 Å². The Bertz CT molecular complexity index is 1040. The zero-order chi connectivity index (χ0) is 20.1. The van der Waals surface area contributed by atoms with Gasteiger partial charge in [-0.2, -0.15) is 5.10 Å². The molecule has 0 atom stereocenters. The first-order valence-corrected chi connectivity index (χ1v) is 9.69. The summed E-state index contributed by atoms with van der Waals surface area (Å²) < 4.78 is 1.90. The molecule has 1 aromatic heterocycles. The van der Waals surface area contributed by atoms with E-state index < -0.39 is 0 Å². The lowest BCUT2D eigenvalue weighted by atomic mass is 10.1. The van der Waals surface area contributed by atoms with Gasteiger partial charge in [-0.05, 0) is 42.8 Å². The van der Waals surface area contributed by atoms with Crippen molar-refractivity contribution in [2.45, 2.75) is 13.5 Å². The molecule has 0 radical (unpaired) electrons. The summed E-state index contributed by atoms with van der Waals surface area (Å²) in [7, 11) is 0. The first-order chi connectivity index (χ1) is 14.2. The fraction of sp³-hybridized carbons (Fsp3) is 0.0833. The van der Waals surface area contributed by atoms with Gasteiger partial charge in [-0.25, -0.2) is 4.68 Å². The van der Waals surface area contributed by atoms with Gasteiger partial charge >= 0.3 is 0 Å². The van der Waals surface area contributed by atoms with Crippen LogP contribution in [0.15, 0.2) is 90.1 Å². The van der Waals surface area contributed by atoms with E-state index in [1.807, 2.05) is 65.3 Å². The quantitative estimate of drug-likeness (QED) is 0.291. The number of aromatic nitrogens is 2. The number of oxime groups is 1. The molecule has 0 saturated carbocycles. The number of halogens is 1. The summed E-state index contributed by atoms with van der Waals surface area (Å²) in [6.45, 7) is 2.48. The standard InChI is InChI=1S/C24H20ClN3O/c1-18-7-13-23(14-8-18)28-24(20-9-11-21(25)12-10-20)15-22(27-28)16-26-29-17-19-5-3-2-4-6-19/h2-16H,17H2,1H3/b26-16+. The Morgan fingerprint density at radius 2 is 1.69 bits per heavy atom. The largest absolute Gasteiger partial charge is 0.391 e. The van der Waals surface area contributed by atoms with E-state index in [0.717, 1.165) is 22.5 Å². The highest BCUT2D eigenvalue weighted by Crippen LogP contribution is 2.25. The van der Waals surface area contributed by atoms with Crippen LogP contribution < -0.4 is 0 Å². The van der Waals surface area contributed by atoms with Crippen LogP contribution in [0, 0.1) is 6.92 Å².